The number of terminal acetylenes is 1. The van der Waals surface area contributed by atoms with Crippen molar-refractivity contribution in [1.29, 1.82) is 0 Å². The number of hydrogen-bond acceptors (Lipinski definition) is 1. The third-order valence-electron chi connectivity index (χ3n) is 1.87. The fourth-order valence-electron chi connectivity index (χ4n) is 1.24. The molecule has 0 unspecified atom stereocenters. The highest BCUT2D eigenvalue weighted by molar-refractivity contribution is 5.00. The second-order valence-corrected chi connectivity index (χ2v) is 2.66. The standard InChI is InChI=1S/C8H12O/c1-3-7-4-8(5-7)6-9-2/h1,7-8H,4-6H2,2H3. The van der Waals surface area contributed by atoms with Gasteiger partial charge in [0.25, 0.3) is 0 Å². The smallest absolute Gasteiger partial charge is 0.0491 e. The number of ether oxygens (including phenoxy) is 1. The predicted octanol–water partition coefficient (Wildman–Crippen LogP) is 1.29. The second-order valence-electron chi connectivity index (χ2n) is 2.66. The van der Waals surface area contributed by atoms with Gasteiger partial charge >= 0.3 is 0 Å². The lowest BCUT2D eigenvalue weighted by Crippen LogP contribution is -2.25. The van der Waals surface area contributed by atoms with E-state index in [1.54, 1.807) is 7.11 Å². The van der Waals surface area contributed by atoms with Crippen LogP contribution in [0.3, 0.4) is 0 Å². The van der Waals surface area contributed by atoms with Crippen LogP contribution in [-0.2, 0) is 4.74 Å². The minimum Gasteiger partial charge on any atom is -0.384 e. The predicted molar refractivity (Wildman–Crippen MR) is 36.9 cm³/mol. The summed E-state index contributed by atoms with van der Waals surface area (Å²) in [4.78, 5) is 0. The van der Waals surface area contributed by atoms with Crippen LogP contribution in [0.15, 0.2) is 0 Å². The summed E-state index contributed by atoms with van der Waals surface area (Å²) in [5, 5.41) is 0. The molecule has 0 N–H and O–H groups in total. The molecule has 1 aliphatic rings. The van der Waals surface area contributed by atoms with Crippen molar-refractivity contribution in [2.24, 2.45) is 11.8 Å². The van der Waals surface area contributed by atoms with Gasteiger partial charge in [0.2, 0.25) is 0 Å². The van der Waals surface area contributed by atoms with E-state index in [9.17, 15) is 0 Å². The molecule has 1 rings (SSSR count). The summed E-state index contributed by atoms with van der Waals surface area (Å²) >= 11 is 0. The van der Waals surface area contributed by atoms with Crippen molar-refractivity contribution >= 4 is 0 Å². The third-order valence-corrected chi connectivity index (χ3v) is 1.87. The molecule has 1 nitrogen and oxygen atoms in total. The molecular weight excluding hydrogens is 112 g/mol. The topological polar surface area (TPSA) is 9.23 Å². The summed E-state index contributed by atoms with van der Waals surface area (Å²) in [6, 6.07) is 0. The Balaban J connectivity index is 2.06. The first-order chi connectivity index (χ1) is 4.36. The first-order valence-corrected chi connectivity index (χ1v) is 3.32. The van der Waals surface area contributed by atoms with Crippen LogP contribution in [0.2, 0.25) is 0 Å². The molecule has 0 radical (unpaired) electrons. The van der Waals surface area contributed by atoms with Gasteiger partial charge in [0.05, 0.1) is 0 Å². The Bertz CT molecular complexity index is 117. The minimum absolute atomic E-state index is 0.546. The lowest BCUT2D eigenvalue weighted by atomic mass is 9.76. The summed E-state index contributed by atoms with van der Waals surface area (Å²) in [7, 11) is 1.74. The molecule has 0 aromatic heterocycles. The second kappa shape index (κ2) is 2.89. The van der Waals surface area contributed by atoms with Crippen LogP contribution in [0.25, 0.3) is 0 Å². The van der Waals surface area contributed by atoms with Gasteiger partial charge in [0.1, 0.15) is 0 Å². The molecule has 0 amide bonds. The average molecular weight is 124 g/mol. The first-order valence-electron chi connectivity index (χ1n) is 3.32. The Morgan fingerprint density at radius 2 is 2.33 bits per heavy atom. The minimum atomic E-state index is 0.546. The largest absolute Gasteiger partial charge is 0.384 e. The molecule has 0 spiro atoms. The van der Waals surface area contributed by atoms with Crippen LogP contribution >= 0.6 is 0 Å². The van der Waals surface area contributed by atoms with E-state index >= 15 is 0 Å². The van der Waals surface area contributed by atoms with Gasteiger partial charge in [-0.25, -0.2) is 0 Å². The highest BCUT2D eigenvalue weighted by Gasteiger charge is 2.26. The van der Waals surface area contributed by atoms with Crippen molar-refractivity contribution in [1.82, 2.24) is 0 Å². The Hall–Kier alpha value is -0.480. The zero-order valence-electron chi connectivity index (χ0n) is 5.76. The molecule has 0 atom stereocenters. The number of rotatable bonds is 2. The normalized spacial score (nSPS) is 32.9. The molecule has 0 saturated heterocycles. The van der Waals surface area contributed by atoms with Crippen LogP contribution in [0.1, 0.15) is 12.8 Å². The van der Waals surface area contributed by atoms with Crippen LogP contribution in [-0.4, -0.2) is 13.7 Å². The Kier molecular flexibility index (Phi) is 2.13. The first kappa shape index (κ1) is 6.64. The van der Waals surface area contributed by atoms with Gasteiger partial charge in [-0.1, -0.05) is 0 Å². The Morgan fingerprint density at radius 3 is 2.78 bits per heavy atom. The quantitative estimate of drug-likeness (QED) is 0.504. The fraction of sp³-hybridized carbons (Fsp3) is 0.750. The zero-order chi connectivity index (χ0) is 6.69. The molecular formula is C8H12O. The van der Waals surface area contributed by atoms with E-state index in [1.165, 1.54) is 12.8 Å². The lowest BCUT2D eigenvalue weighted by Gasteiger charge is -2.30. The van der Waals surface area contributed by atoms with Crippen molar-refractivity contribution in [2.75, 3.05) is 13.7 Å². The summed E-state index contributed by atoms with van der Waals surface area (Å²) in [6.07, 6.45) is 7.54. The van der Waals surface area contributed by atoms with E-state index < -0.39 is 0 Å². The molecule has 0 heterocycles. The molecule has 1 fully saturated rings. The molecule has 1 heteroatoms. The van der Waals surface area contributed by atoms with Gasteiger partial charge in [-0.15, -0.1) is 12.3 Å². The van der Waals surface area contributed by atoms with Gasteiger partial charge in [-0.3, -0.25) is 0 Å². The van der Waals surface area contributed by atoms with Crippen LogP contribution < -0.4 is 0 Å². The van der Waals surface area contributed by atoms with E-state index in [1.807, 2.05) is 0 Å². The Labute approximate surface area is 56.4 Å². The molecule has 50 valence electrons. The third kappa shape index (κ3) is 1.46. The summed E-state index contributed by atoms with van der Waals surface area (Å²) in [5.41, 5.74) is 0. The van der Waals surface area contributed by atoms with Gasteiger partial charge in [0, 0.05) is 19.6 Å². The monoisotopic (exact) mass is 124 g/mol. The van der Waals surface area contributed by atoms with Crippen LogP contribution in [0.5, 0.6) is 0 Å². The van der Waals surface area contributed by atoms with Gasteiger partial charge in [0.15, 0.2) is 0 Å². The molecule has 0 aliphatic heterocycles. The van der Waals surface area contributed by atoms with Gasteiger partial charge in [-0.05, 0) is 18.8 Å². The zero-order valence-corrected chi connectivity index (χ0v) is 5.76. The van der Waals surface area contributed by atoms with Crippen molar-refractivity contribution < 1.29 is 4.74 Å². The maximum absolute atomic E-state index is 5.20. The maximum atomic E-state index is 5.20. The van der Waals surface area contributed by atoms with E-state index in [4.69, 9.17) is 11.2 Å². The van der Waals surface area contributed by atoms with E-state index in [0.29, 0.717) is 5.92 Å². The molecule has 0 bridgehead atoms. The number of hydrogen-bond donors (Lipinski definition) is 0. The van der Waals surface area contributed by atoms with Gasteiger partial charge in [-0.2, -0.15) is 0 Å². The van der Waals surface area contributed by atoms with Gasteiger partial charge < -0.3 is 4.74 Å². The van der Waals surface area contributed by atoms with Crippen LogP contribution in [0, 0.1) is 24.2 Å². The van der Waals surface area contributed by atoms with Crippen molar-refractivity contribution in [3.63, 3.8) is 0 Å². The average Bonchev–Trinajstić information content (AvgIpc) is 1.77. The fourth-order valence-corrected chi connectivity index (χ4v) is 1.24. The molecule has 0 aromatic rings. The van der Waals surface area contributed by atoms with Crippen molar-refractivity contribution in [2.45, 2.75) is 12.8 Å². The highest BCUT2D eigenvalue weighted by Crippen LogP contribution is 2.32. The van der Waals surface area contributed by atoms with E-state index in [0.717, 1.165) is 12.5 Å². The number of methoxy groups -OCH3 is 1. The molecule has 1 aliphatic carbocycles. The van der Waals surface area contributed by atoms with E-state index in [2.05, 4.69) is 5.92 Å². The van der Waals surface area contributed by atoms with Crippen LogP contribution in [0.4, 0.5) is 0 Å². The lowest BCUT2D eigenvalue weighted by molar-refractivity contribution is 0.0923. The molecule has 9 heavy (non-hydrogen) atoms. The van der Waals surface area contributed by atoms with E-state index in [-0.39, 0.29) is 0 Å². The summed E-state index contributed by atoms with van der Waals surface area (Å²) < 4.78 is 4.97. The van der Waals surface area contributed by atoms with Crippen molar-refractivity contribution in [3.05, 3.63) is 0 Å². The molecule has 0 aromatic carbocycles. The Morgan fingerprint density at radius 1 is 1.67 bits per heavy atom. The summed E-state index contributed by atoms with van der Waals surface area (Å²) in [6.45, 7) is 0.887. The highest BCUT2D eigenvalue weighted by atomic mass is 16.5. The van der Waals surface area contributed by atoms with Crippen molar-refractivity contribution in [3.8, 4) is 12.3 Å². The maximum Gasteiger partial charge on any atom is 0.0491 e. The SMILES string of the molecule is C#CC1CC(COC)C1. The summed E-state index contributed by atoms with van der Waals surface area (Å²) in [5.74, 6) is 4.03. The molecule has 1 saturated carbocycles.